The zero-order valence-corrected chi connectivity index (χ0v) is 11.0. The number of carbonyl (C=O) groups is 2. The summed E-state index contributed by atoms with van der Waals surface area (Å²) in [5, 5.41) is 15.2. The fourth-order valence-corrected chi connectivity index (χ4v) is 1.88. The summed E-state index contributed by atoms with van der Waals surface area (Å²) in [7, 11) is 0. The van der Waals surface area contributed by atoms with Gasteiger partial charge in [0.25, 0.3) is 5.91 Å². The molecule has 1 aliphatic rings. The van der Waals surface area contributed by atoms with Gasteiger partial charge in [0.15, 0.2) is 5.69 Å². The topological polar surface area (TPSA) is 92.4 Å². The molecule has 1 aliphatic carbocycles. The Labute approximate surface area is 111 Å². The lowest BCUT2D eigenvalue weighted by Gasteiger charge is -2.15. The van der Waals surface area contributed by atoms with Crippen LogP contribution in [-0.4, -0.2) is 28.2 Å². The second kappa shape index (κ2) is 5.42. The molecule has 6 heteroatoms. The Morgan fingerprint density at radius 1 is 1.53 bits per heavy atom. The Balaban J connectivity index is 1.98. The molecule has 1 heterocycles. The van der Waals surface area contributed by atoms with Crippen LogP contribution in [0, 0.1) is 5.92 Å². The molecule has 19 heavy (non-hydrogen) atoms. The van der Waals surface area contributed by atoms with Crippen LogP contribution in [0.1, 0.15) is 55.3 Å². The monoisotopic (exact) mass is 266 g/mol. The fraction of sp³-hybridized carbons (Fsp3) is 0.615. The molecular formula is C13H18N2O4. The minimum atomic E-state index is -1.03. The van der Waals surface area contributed by atoms with Crippen LogP contribution in [0.2, 0.25) is 0 Å². The van der Waals surface area contributed by atoms with E-state index < -0.39 is 17.9 Å². The highest BCUT2D eigenvalue weighted by atomic mass is 16.5. The summed E-state index contributed by atoms with van der Waals surface area (Å²) in [5.41, 5.74) is 0.150. The molecule has 1 saturated carbocycles. The number of carboxylic acid groups (broad SMARTS) is 1. The SMILES string of the molecule is CC(C)C[C@@H](NC(=O)c1cc(C2CC2)on1)C(=O)O. The molecule has 6 nitrogen and oxygen atoms in total. The van der Waals surface area contributed by atoms with E-state index in [1.54, 1.807) is 6.07 Å². The maximum Gasteiger partial charge on any atom is 0.326 e. The van der Waals surface area contributed by atoms with Crippen LogP contribution in [0.15, 0.2) is 10.6 Å². The van der Waals surface area contributed by atoms with Crippen LogP contribution in [-0.2, 0) is 4.79 Å². The normalized spacial score (nSPS) is 16.4. The van der Waals surface area contributed by atoms with Gasteiger partial charge in [0.1, 0.15) is 11.8 Å². The molecule has 2 rings (SSSR count). The fourth-order valence-electron chi connectivity index (χ4n) is 1.88. The summed E-state index contributed by atoms with van der Waals surface area (Å²) in [5.74, 6) is -0.265. The van der Waals surface area contributed by atoms with E-state index in [9.17, 15) is 9.59 Å². The van der Waals surface area contributed by atoms with Gasteiger partial charge in [-0.15, -0.1) is 0 Å². The molecule has 0 radical (unpaired) electrons. The summed E-state index contributed by atoms with van der Waals surface area (Å²) >= 11 is 0. The lowest BCUT2D eigenvalue weighted by atomic mass is 10.0. The molecule has 1 aromatic heterocycles. The first-order chi connectivity index (χ1) is 8.97. The van der Waals surface area contributed by atoms with Gasteiger partial charge in [-0.2, -0.15) is 0 Å². The Morgan fingerprint density at radius 2 is 2.21 bits per heavy atom. The number of hydrogen-bond acceptors (Lipinski definition) is 4. The summed E-state index contributed by atoms with van der Waals surface area (Å²) in [6.45, 7) is 3.81. The summed E-state index contributed by atoms with van der Waals surface area (Å²) < 4.78 is 5.07. The van der Waals surface area contributed by atoms with Crippen LogP contribution in [0.4, 0.5) is 0 Å². The quantitative estimate of drug-likeness (QED) is 0.818. The van der Waals surface area contributed by atoms with E-state index in [4.69, 9.17) is 9.63 Å². The smallest absolute Gasteiger partial charge is 0.326 e. The highest BCUT2D eigenvalue weighted by molar-refractivity contribution is 5.94. The molecule has 1 atom stereocenters. The van der Waals surface area contributed by atoms with Crippen LogP contribution in [0.5, 0.6) is 0 Å². The minimum Gasteiger partial charge on any atom is -0.480 e. The van der Waals surface area contributed by atoms with Gasteiger partial charge >= 0.3 is 5.97 Å². The zero-order valence-electron chi connectivity index (χ0n) is 11.0. The van der Waals surface area contributed by atoms with E-state index in [0.717, 1.165) is 12.8 Å². The first kappa shape index (κ1) is 13.6. The van der Waals surface area contributed by atoms with Gasteiger partial charge in [-0.1, -0.05) is 19.0 Å². The van der Waals surface area contributed by atoms with Gasteiger partial charge in [-0.25, -0.2) is 4.79 Å². The average Bonchev–Trinajstić information content (AvgIpc) is 3.05. The number of hydrogen-bond donors (Lipinski definition) is 2. The van der Waals surface area contributed by atoms with E-state index >= 15 is 0 Å². The second-order valence-electron chi connectivity index (χ2n) is 5.38. The van der Waals surface area contributed by atoms with Crippen molar-refractivity contribution in [1.82, 2.24) is 10.5 Å². The molecule has 0 aromatic carbocycles. The van der Waals surface area contributed by atoms with Crippen LogP contribution < -0.4 is 5.32 Å². The number of carboxylic acids is 1. The molecule has 104 valence electrons. The van der Waals surface area contributed by atoms with Gasteiger partial charge in [-0.3, -0.25) is 4.79 Å². The van der Waals surface area contributed by atoms with Gasteiger partial charge in [-0.05, 0) is 25.2 Å². The van der Waals surface area contributed by atoms with E-state index in [1.807, 2.05) is 13.8 Å². The van der Waals surface area contributed by atoms with Crippen molar-refractivity contribution >= 4 is 11.9 Å². The van der Waals surface area contributed by atoms with Crippen molar-refractivity contribution < 1.29 is 19.2 Å². The number of nitrogens with zero attached hydrogens (tertiary/aromatic N) is 1. The Bertz CT molecular complexity index is 477. The van der Waals surface area contributed by atoms with E-state index in [1.165, 1.54) is 0 Å². The largest absolute Gasteiger partial charge is 0.480 e. The second-order valence-corrected chi connectivity index (χ2v) is 5.38. The van der Waals surface area contributed by atoms with Crippen molar-refractivity contribution in [2.75, 3.05) is 0 Å². The van der Waals surface area contributed by atoms with E-state index in [-0.39, 0.29) is 11.6 Å². The van der Waals surface area contributed by atoms with Crippen molar-refractivity contribution in [3.05, 3.63) is 17.5 Å². The van der Waals surface area contributed by atoms with Crippen molar-refractivity contribution in [3.63, 3.8) is 0 Å². The highest BCUT2D eigenvalue weighted by Crippen LogP contribution is 2.40. The molecule has 0 unspecified atom stereocenters. The molecule has 0 spiro atoms. The predicted molar refractivity (Wildman–Crippen MR) is 66.8 cm³/mol. The van der Waals surface area contributed by atoms with Crippen LogP contribution >= 0.6 is 0 Å². The first-order valence-corrected chi connectivity index (χ1v) is 6.47. The molecule has 0 aliphatic heterocycles. The minimum absolute atomic E-state index is 0.150. The van der Waals surface area contributed by atoms with Gasteiger partial charge in [0, 0.05) is 12.0 Å². The Morgan fingerprint density at radius 3 is 2.74 bits per heavy atom. The average molecular weight is 266 g/mol. The number of carbonyl (C=O) groups excluding carboxylic acids is 1. The third-order valence-corrected chi connectivity index (χ3v) is 3.05. The molecule has 0 saturated heterocycles. The maximum absolute atomic E-state index is 11.9. The molecule has 1 fully saturated rings. The zero-order chi connectivity index (χ0) is 14.0. The van der Waals surface area contributed by atoms with Crippen molar-refractivity contribution in [3.8, 4) is 0 Å². The third kappa shape index (κ3) is 3.56. The Hall–Kier alpha value is -1.85. The lowest BCUT2D eigenvalue weighted by molar-refractivity contribution is -0.139. The van der Waals surface area contributed by atoms with Crippen LogP contribution in [0.3, 0.4) is 0 Å². The summed E-state index contributed by atoms with van der Waals surface area (Å²) in [4.78, 5) is 23.0. The first-order valence-electron chi connectivity index (χ1n) is 6.47. The van der Waals surface area contributed by atoms with Crippen molar-refractivity contribution in [2.24, 2.45) is 5.92 Å². The van der Waals surface area contributed by atoms with Gasteiger partial charge < -0.3 is 14.9 Å². The lowest BCUT2D eigenvalue weighted by Crippen LogP contribution is -2.41. The molecule has 0 bridgehead atoms. The number of rotatable bonds is 6. The van der Waals surface area contributed by atoms with Crippen molar-refractivity contribution in [1.29, 1.82) is 0 Å². The van der Waals surface area contributed by atoms with Crippen LogP contribution in [0.25, 0.3) is 0 Å². The maximum atomic E-state index is 11.9. The highest BCUT2D eigenvalue weighted by Gasteiger charge is 2.29. The summed E-state index contributed by atoms with van der Waals surface area (Å²) in [6, 6.07) is 0.704. The van der Waals surface area contributed by atoms with Crippen molar-refractivity contribution in [2.45, 2.75) is 45.1 Å². The standard InChI is InChI=1S/C13H18N2O4/c1-7(2)5-10(13(17)18)14-12(16)9-6-11(19-15-9)8-3-4-8/h6-8,10H,3-5H2,1-2H3,(H,14,16)(H,17,18)/t10-/m1/s1. The molecule has 2 N–H and O–H groups in total. The molecule has 1 aromatic rings. The number of amides is 1. The van der Waals surface area contributed by atoms with E-state index in [0.29, 0.717) is 18.1 Å². The van der Waals surface area contributed by atoms with Gasteiger partial charge in [0.05, 0.1) is 0 Å². The molecule has 1 amide bonds. The van der Waals surface area contributed by atoms with Gasteiger partial charge in [0.2, 0.25) is 0 Å². The Kier molecular flexibility index (Phi) is 3.87. The third-order valence-electron chi connectivity index (χ3n) is 3.05. The predicted octanol–water partition coefficient (Wildman–Crippen LogP) is 1.78. The summed E-state index contributed by atoms with van der Waals surface area (Å²) in [6.07, 6.45) is 2.50. The van der Waals surface area contributed by atoms with E-state index in [2.05, 4.69) is 10.5 Å². The number of nitrogens with one attached hydrogen (secondary N) is 1. The molecular weight excluding hydrogens is 248 g/mol. The number of aliphatic carboxylic acids is 1. The number of aromatic nitrogens is 1.